The Labute approximate surface area is 163 Å². The van der Waals surface area contributed by atoms with Gasteiger partial charge in [0.05, 0.1) is 12.2 Å². The van der Waals surface area contributed by atoms with Crippen molar-refractivity contribution in [2.24, 2.45) is 4.99 Å². The summed E-state index contributed by atoms with van der Waals surface area (Å²) in [6.07, 6.45) is 5.15. The van der Waals surface area contributed by atoms with Gasteiger partial charge in [-0.15, -0.1) is 24.0 Å². The Morgan fingerprint density at radius 1 is 1.21 bits per heavy atom. The van der Waals surface area contributed by atoms with E-state index < -0.39 is 0 Å². The predicted molar refractivity (Wildman–Crippen MR) is 112 cm³/mol. The molecule has 5 heteroatoms. The van der Waals surface area contributed by atoms with E-state index in [1.807, 2.05) is 7.05 Å². The molecule has 0 saturated heterocycles. The molecule has 0 bridgehead atoms. The van der Waals surface area contributed by atoms with Crippen LogP contribution in [-0.4, -0.2) is 24.7 Å². The molecule has 0 aromatic heterocycles. The van der Waals surface area contributed by atoms with E-state index in [1.165, 1.54) is 36.8 Å². The van der Waals surface area contributed by atoms with Crippen LogP contribution in [-0.2, 0) is 17.9 Å². The summed E-state index contributed by atoms with van der Waals surface area (Å²) in [5, 5.41) is 6.92. The van der Waals surface area contributed by atoms with Crippen LogP contribution in [0.1, 0.15) is 57.6 Å². The van der Waals surface area contributed by atoms with Gasteiger partial charge in [-0.25, -0.2) is 0 Å². The van der Waals surface area contributed by atoms with Crippen molar-refractivity contribution in [3.8, 4) is 0 Å². The molecule has 0 aliphatic heterocycles. The fourth-order valence-electron chi connectivity index (χ4n) is 2.77. The summed E-state index contributed by atoms with van der Waals surface area (Å²) in [7, 11) is 1.83. The standard InChI is InChI=1S/C19H31N3O.HI/c1-19(2,3)23-14-16-9-7-8-15(12-16)13-21-18(20-4)22-17-10-5-6-11-17;/h7-9,12,17H,5-6,10-11,13-14H2,1-4H3,(H2,20,21,22);1H. The van der Waals surface area contributed by atoms with Crippen LogP contribution in [0.5, 0.6) is 0 Å². The largest absolute Gasteiger partial charge is 0.371 e. The van der Waals surface area contributed by atoms with E-state index in [1.54, 1.807) is 0 Å². The van der Waals surface area contributed by atoms with Crippen molar-refractivity contribution in [2.45, 2.75) is 71.2 Å². The third-order valence-corrected chi connectivity index (χ3v) is 4.04. The Kier molecular flexibility index (Phi) is 9.05. The number of benzene rings is 1. The number of hydrogen-bond acceptors (Lipinski definition) is 2. The quantitative estimate of drug-likeness (QED) is 0.405. The van der Waals surface area contributed by atoms with Crippen molar-refractivity contribution in [3.05, 3.63) is 35.4 Å². The highest BCUT2D eigenvalue weighted by Crippen LogP contribution is 2.17. The maximum Gasteiger partial charge on any atom is 0.191 e. The Morgan fingerprint density at radius 2 is 1.88 bits per heavy atom. The molecule has 1 aliphatic rings. The first-order valence-electron chi connectivity index (χ1n) is 8.65. The second-order valence-electron chi connectivity index (χ2n) is 7.27. The molecule has 0 amide bonds. The normalized spacial score (nSPS) is 15.9. The van der Waals surface area contributed by atoms with Crippen LogP contribution >= 0.6 is 24.0 Å². The number of ether oxygens (including phenoxy) is 1. The van der Waals surface area contributed by atoms with Gasteiger partial charge in [0.2, 0.25) is 0 Å². The van der Waals surface area contributed by atoms with Crippen LogP contribution in [0.25, 0.3) is 0 Å². The van der Waals surface area contributed by atoms with Crippen molar-refractivity contribution in [2.75, 3.05) is 7.05 Å². The zero-order chi connectivity index (χ0) is 16.7. The molecule has 1 fully saturated rings. The minimum atomic E-state index is -0.110. The van der Waals surface area contributed by atoms with E-state index in [-0.39, 0.29) is 29.6 Å². The van der Waals surface area contributed by atoms with E-state index in [0.29, 0.717) is 12.6 Å². The third-order valence-electron chi connectivity index (χ3n) is 4.04. The Morgan fingerprint density at radius 3 is 2.50 bits per heavy atom. The first-order valence-corrected chi connectivity index (χ1v) is 8.65. The fraction of sp³-hybridized carbons (Fsp3) is 0.632. The third kappa shape index (κ3) is 7.83. The molecule has 1 aromatic carbocycles. The number of nitrogens with one attached hydrogen (secondary N) is 2. The van der Waals surface area contributed by atoms with Crippen LogP contribution < -0.4 is 10.6 Å². The van der Waals surface area contributed by atoms with Crippen molar-refractivity contribution >= 4 is 29.9 Å². The molecule has 1 saturated carbocycles. The van der Waals surface area contributed by atoms with Crippen LogP contribution in [0.15, 0.2) is 29.3 Å². The average Bonchev–Trinajstić information content (AvgIpc) is 3.02. The van der Waals surface area contributed by atoms with Crippen LogP contribution in [0, 0.1) is 0 Å². The average molecular weight is 445 g/mol. The highest BCUT2D eigenvalue weighted by Gasteiger charge is 2.15. The summed E-state index contributed by atoms with van der Waals surface area (Å²) >= 11 is 0. The highest BCUT2D eigenvalue weighted by molar-refractivity contribution is 14.0. The summed E-state index contributed by atoms with van der Waals surface area (Å²) in [5.41, 5.74) is 2.34. The maximum absolute atomic E-state index is 5.85. The lowest BCUT2D eigenvalue weighted by molar-refractivity contribution is -0.0149. The van der Waals surface area contributed by atoms with Gasteiger partial charge in [-0.2, -0.15) is 0 Å². The molecule has 1 aromatic rings. The minimum absolute atomic E-state index is 0. The molecule has 0 radical (unpaired) electrons. The summed E-state index contributed by atoms with van der Waals surface area (Å²) in [6, 6.07) is 9.11. The first kappa shape index (κ1) is 21.2. The topological polar surface area (TPSA) is 45.7 Å². The van der Waals surface area contributed by atoms with Crippen LogP contribution in [0.3, 0.4) is 0 Å². The van der Waals surface area contributed by atoms with Crippen molar-refractivity contribution in [1.82, 2.24) is 10.6 Å². The number of hydrogen-bond donors (Lipinski definition) is 2. The SMILES string of the molecule is CN=C(NCc1cccc(COC(C)(C)C)c1)NC1CCCC1.I. The predicted octanol–water partition coefficient (Wildman–Crippen LogP) is 4.23. The van der Waals surface area contributed by atoms with Gasteiger partial charge in [-0.1, -0.05) is 37.1 Å². The minimum Gasteiger partial charge on any atom is -0.371 e. The van der Waals surface area contributed by atoms with Crippen LogP contribution in [0.2, 0.25) is 0 Å². The number of guanidine groups is 1. The number of aliphatic imine (C=N–C) groups is 1. The second kappa shape index (κ2) is 10.2. The second-order valence-corrected chi connectivity index (χ2v) is 7.27. The molecule has 4 nitrogen and oxygen atoms in total. The molecule has 0 heterocycles. The van der Waals surface area contributed by atoms with Crippen molar-refractivity contribution < 1.29 is 4.74 Å². The van der Waals surface area contributed by atoms with Gasteiger partial charge < -0.3 is 15.4 Å². The van der Waals surface area contributed by atoms with Gasteiger partial charge in [0, 0.05) is 19.6 Å². The van der Waals surface area contributed by atoms with E-state index in [4.69, 9.17) is 4.74 Å². The monoisotopic (exact) mass is 445 g/mol. The summed E-state index contributed by atoms with van der Waals surface area (Å²) in [4.78, 5) is 4.33. The zero-order valence-electron chi connectivity index (χ0n) is 15.4. The van der Waals surface area contributed by atoms with Crippen molar-refractivity contribution in [3.63, 3.8) is 0 Å². The van der Waals surface area contributed by atoms with E-state index in [0.717, 1.165) is 12.5 Å². The molecule has 0 unspecified atom stereocenters. The molecule has 0 spiro atoms. The van der Waals surface area contributed by atoms with E-state index in [9.17, 15) is 0 Å². The first-order chi connectivity index (χ1) is 11.0. The highest BCUT2D eigenvalue weighted by atomic mass is 127. The molecular weight excluding hydrogens is 413 g/mol. The van der Waals surface area contributed by atoms with E-state index in [2.05, 4.69) is 60.7 Å². The van der Waals surface area contributed by atoms with Crippen LogP contribution in [0.4, 0.5) is 0 Å². The Hall–Kier alpha value is -0.820. The molecular formula is C19H32IN3O. The van der Waals surface area contributed by atoms with E-state index >= 15 is 0 Å². The maximum atomic E-state index is 5.85. The van der Waals surface area contributed by atoms with Crippen molar-refractivity contribution in [1.29, 1.82) is 0 Å². The summed E-state index contributed by atoms with van der Waals surface area (Å²) in [6.45, 7) is 7.66. The number of nitrogens with zero attached hydrogens (tertiary/aromatic N) is 1. The van der Waals surface area contributed by atoms with Gasteiger partial charge in [0.25, 0.3) is 0 Å². The molecule has 1 aliphatic carbocycles. The summed E-state index contributed by atoms with van der Waals surface area (Å²) < 4.78 is 5.85. The lowest BCUT2D eigenvalue weighted by Crippen LogP contribution is -2.41. The van der Waals surface area contributed by atoms with Gasteiger partial charge in [-0.05, 0) is 44.7 Å². The van der Waals surface area contributed by atoms with Gasteiger partial charge in [-0.3, -0.25) is 4.99 Å². The number of rotatable bonds is 5. The van der Waals surface area contributed by atoms with Gasteiger partial charge in [0.1, 0.15) is 0 Å². The lowest BCUT2D eigenvalue weighted by atomic mass is 10.1. The molecule has 0 atom stereocenters. The lowest BCUT2D eigenvalue weighted by Gasteiger charge is -2.20. The molecule has 24 heavy (non-hydrogen) atoms. The smallest absolute Gasteiger partial charge is 0.191 e. The van der Waals surface area contributed by atoms with Gasteiger partial charge in [0.15, 0.2) is 5.96 Å². The number of halogens is 1. The Balaban J connectivity index is 0.00000288. The fourth-order valence-corrected chi connectivity index (χ4v) is 2.77. The molecule has 136 valence electrons. The van der Waals surface area contributed by atoms with Gasteiger partial charge >= 0.3 is 0 Å². The zero-order valence-corrected chi connectivity index (χ0v) is 17.7. The Bertz CT molecular complexity index is 520. The summed E-state index contributed by atoms with van der Waals surface area (Å²) in [5.74, 6) is 0.897. The molecule has 2 N–H and O–H groups in total. The molecule has 2 rings (SSSR count).